The number of nitrogens with zero attached hydrogens (tertiary/aromatic N) is 7. The van der Waals surface area contributed by atoms with Crippen LogP contribution in [-0.2, 0) is 31.2 Å². The maximum absolute atomic E-state index is 15.3. The highest BCUT2D eigenvalue weighted by atomic mass is 32.1. The average molecular weight is 671 g/mol. The Labute approximate surface area is 279 Å². The first-order valence-corrected chi connectivity index (χ1v) is 17.0. The van der Waals surface area contributed by atoms with Crippen LogP contribution in [0.25, 0.3) is 26.9 Å². The molecule has 14 heteroatoms. The summed E-state index contributed by atoms with van der Waals surface area (Å²) in [6.45, 7) is 4.67. The Hall–Kier alpha value is -4.50. The maximum atomic E-state index is 15.3. The number of pyridine rings is 1. The monoisotopic (exact) mass is 670 g/mol. The number of thiophene rings is 1. The van der Waals surface area contributed by atoms with E-state index in [4.69, 9.17) is 4.74 Å². The first-order chi connectivity index (χ1) is 23.4. The minimum Gasteiger partial charge on any atom is -0.392 e. The second-order valence-corrected chi connectivity index (χ2v) is 13.7. The van der Waals surface area contributed by atoms with Crippen molar-refractivity contribution in [3.63, 3.8) is 0 Å². The number of ether oxygens (including phenoxy) is 1. The van der Waals surface area contributed by atoms with Gasteiger partial charge < -0.3 is 24.6 Å². The third kappa shape index (κ3) is 5.48. The highest BCUT2D eigenvalue weighted by molar-refractivity contribution is 7.19. The number of benzene rings is 1. The maximum Gasteiger partial charge on any atom is 0.289 e. The van der Waals surface area contributed by atoms with E-state index in [-0.39, 0.29) is 22.5 Å². The van der Waals surface area contributed by atoms with Gasteiger partial charge in [-0.3, -0.25) is 14.5 Å². The minimum atomic E-state index is -0.608. The van der Waals surface area contributed by atoms with E-state index in [1.54, 1.807) is 31.6 Å². The number of hydrogen-bond acceptors (Lipinski definition) is 11. The molecule has 0 spiro atoms. The average Bonchev–Trinajstić information content (AvgIpc) is 3.46. The minimum absolute atomic E-state index is 0.150. The number of rotatable bonds is 7. The summed E-state index contributed by atoms with van der Waals surface area (Å²) in [4.78, 5) is 32.8. The zero-order valence-corrected chi connectivity index (χ0v) is 27.3. The molecule has 12 nitrogen and oxygen atoms in total. The van der Waals surface area contributed by atoms with Gasteiger partial charge in [0.15, 0.2) is 11.6 Å². The van der Waals surface area contributed by atoms with Gasteiger partial charge in [0.05, 0.1) is 37.7 Å². The van der Waals surface area contributed by atoms with Gasteiger partial charge in [0.1, 0.15) is 16.2 Å². The fourth-order valence-electron chi connectivity index (χ4n) is 6.95. The van der Waals surface area contributed by atoms with E-state index >= 15 is 4.39 Å². The summed E-state index contributed by atoms with van der Waals surface area (Å²) in [7, 11) is 1.60. The molecule has 1 aliphatic carbocycles. The van der Waals surface area contributed by atoms with E-state index in [0.29, 0.717) is 33.2 Å². The Morgan fingerprint density at radius 2 is 1.85 bits per heavy atom. The number of aryl methyl sites for hydroxylation is 3. The van der Waals surface area contributed by atoms with Crippen LogP contribution in [0.5, 0.6) is 0 Å². The van der Waals surface area contributed by atoms with Gasteiger partial charge in [-0.15, -0.1) is 21.5 Å². The number of aliphatic hydroxyl groups is 1. The van der Waals surface area contributed by atoms with Crippen LogP contribution >= 0.6 is 11.3 Å². The summed E-state index contributed by atoms with van der Waals surface area (Å²) in [5, 5.41) is 27.7. The molecular weight excluding hydrogens is 635 g/mol. The molecule has 48 heavy (non-hydrogen) atoms. The van der Waals surface area contributed by atoms with Crippen LogP contribution in [0.3, 0.4) is 0 Å². The van der Waals surface area contributed by atoms with Crippen LogP contribution in [0.2, 0.25) is 0 Å². The van der Waals surface area contributed by atoms with Gasteiger partial charge in [0, 0.05) is 66.9 Å². The molecule has 5 aromatic rings. The highest BCUT2D eigenvalue weighted by Crippen LogP contribution is 2.35. The van der Waals surface area contributed by atoms with Crippen LogP contribution in [0.15, 0.2) is 52.3 Å². The first kappa shape index (κ1) is 30.8. The van der Waals surface area contributed by atoms with Crippen molar-refractivity contribution >= 4 is 38.7 Å². The van der Waals surface area contributed by atoms with Crippen LogP contribution in [0.1, 0.15) is 28.8 Å². The fraction of sp³-hybridized carbons (Fsp3) is 0.382. The van der Waals surface area contributed by atoms with Gasteiger partial charge in [0.2, 0.25) is 0 Å². The molecule has 6 heterocycles. The molecule has 0 amide bonds. The summed E-state index contributed by atoms with van der Waals surface area (Å²) >= 11 is 1.48. The van der Waals surface area contributed by atoms with Crippen molar-refractivity contribution in [1.29, 1.82) is 0 Å². The Morgan fingerprint density at radius 1 is 1.04 bits per heavy atom. The van der Waals surface area contributed by atoms with E-state index in [9.17, 15) is 14.7 Å². The molecule has 0 radical (unpaired) electrons. The molecule has 0 atom stereocenters. The van der Waals surface area contributed by atoms with Crippen LogP contribution < -0.4 is 21.3 Å². The van der Waals surface area contributed by atoms with Crippen LogP contribution in [-0.4, -0.2) is 80.0 Å². The van der Waals surface area contributed by atoms with Gasteiger partial charge in [-0.25, -0.2) is 4.39 Å². The molecule has 1 aromatic carbocycles. The van der Waals surface area contributed by atoms with Gasteiger partial charge in [-0.2, -0.15) is 9.78 Å². The third-order valence-corrected chi connectivity index (χ3v) is 11.0. The SMILES string of the molecule is Cn1cc(-c2cc(F)cc(-n3ncc4c5c(sc4c3=O)CCCC5)c2CO)cc(Nc2ccc(N3CCN(C4COC4)CC3)nn2)c1=O. The van der Waals surface area contributed by atoms with Crippen molar-refractivity contribution in [1.82, 2.24) is 29.4 Å². The van der Waals surface area contributed by atoms with E-state index in [1.807, 2.05) is 6.07 Å². The lowest BCUT2D eigenvalue weighted by Gasteiger charge is -2.42. The van der Waals surface area contributed by atoms with Gasteiger partial charge in [0.25, 0.3) is 11.1 Å². The number of hydrogen-bond donors (Lipinski definition) is 2. The number of aliphatic hydroxyl groups excluding tert-OH is 1. The predicted molar refractivity (Wildman–Crippen MR) is 182 cm³/mol. The molecule has 0 saturated carbocycles. The molecule has 3 aliphatic rings. The normalized spacial score (nSPS) is 17.0. The predicted octanol–water partition coefficient (Wildman–Crippen LogP) is 3.38. The molecule has 2 N–H and O–H groups in total. The van der Waals surface area contributed by atoms with E-state index in [2.05, 4.69) is 30.4 Å². The molecular formula is C34H35FN8O4S. The largest absolute Gasteiger partial charge is 0.392 e. The molecule has 0 bridgehead atoms. The first-order valence-electron chi connectivity index (χ1n) is 16.2. The Bertz CT molecular complexity index is 2130. The Morgan fingerprint density at radius 3 is 2.58 bits per heavy atom. The zero-order valence-electron chi connectivity index (χ0n) is 26.5. The summed E-state index contributed by atoms with van der Waals surface area (Å²) in [5.74, 6) is 0.530. The van der Waals surface area contributed by atoms with Crippen molar-refractivity contribution in [3.8, 4) is 16.8 Å². The lowest BCUT2D eigenvalue weighted by atomic mass is 9.97. The summed E-state index contributed by atoms with van der Waals surface area (Å²) in [6, 6.07) is 8.25. The summed E-state index contributed by atoms with van der Waals surface area (Å²) in [6.07, 6.45) is 7.27. The smallest absolute Gasteiger partial charge is 0.289 e. The molecule has 2 saturated heterocycles. The molecule has 8 rings (SSSR count). The van der Waals surface area contributed by atoms with Crippen molar-refractivity contribution in [2.24, 2.45) is 7.05 Å². The molecule has 0 unspecified atom stereocenters. The van der Waals surface area contributed by atoms with Crippen LogP contribution in [0.4, 0.5) is 21.7 Å². The Balaban J connectivity index is 1.10. The molecule has 4 aromatic heterocycles. The van der Waals surface area contributed by atoms with Crippen LogP contribution in [0, 0.1) is 5.82 Å². The highest BCUT2D eigenvalue weighted by Gasteiger charge is 2.29. The standard InChI is InChI=1S/C34H35FN8O4S/c1-40-16-20(12-27(33(40)45)37-30-6-7-31(39-38-30)42-10-8-41(9-11-42)22-18-47-19-22)24-13-21(35)14-28(26(24)17-44)43-34(46)32-25(15-36-43)23-4-2-3-5-29(23)48-32/h6-7,12-16,22,44H,2-5,8-11,17-19H2,1H3,(H,37,38). The van der Waals surface area contributed by atoms with E-state index in [1.165, 1.54) is 43.2 Å². The molecule has 2 aliphatic heterocycles. The fourth-order valence-corrected chi connectivity index (χ4v) is 8.24. The van der Waals surface area contributed by atoms with E-state index in [0.717, 1.165) is 76.3 Å². The van der Waals surface area contributed by atoms with Crippen molar-refractivity contribution in [3.05, 3.63) is 85.3 Å². The number of anilines is 3. The van der Waals surface area contributed by atoms with Gasteiger partial charge in [-0.1, -0.05) is 0 Å². The summed E-state index contributed by atoms with van der Waals surface area (Å²) < 4.78 is 23.8. The van der Waals surface area contributed by atoms with E-state index < -0.39 is 12.4 Å². The molecule has 2 fully saturated rings. The Kier molecular flexibility index (Phi) is 8.03. The van der Waals surface area contributed by atoms with Crippen molar-refractivity contribution < 1.29 is 14.2 Å². The summed E-state index contributed by atoms with van der Waals surface area (Å²) in [5.41, 5.74) is 1.96. The number of fused-ring (bicyclic) bond motifs is 3. The lowest BCUT2D eigenvalue weighted by molar-refractivity contribution is -0.0661. The quantitative estimate of drug-likeness (QED) is 0.266. The van der Waals surface area contributed by atoms with Crippen molar-refractivity contribution in [2.45, 2.75) is 38.3 Å². The number of nitrogens with one attached hydrogen (secondary N) is 1. The second kappa shape index (κ2) is 12.5. The lowest BCUT2D eigenvalue weighted by Crippen LogP contribution is -2.56. The number of halogens is 1. The number of aromatic nitrogens is 5. The third-order valence-electron chi connectivity index (χ3n) is 9.66. The zero-order chi connectivity index (χ0) is 32.9. The van der Waals surface area contributed by atoms with Gasteiger partial charge >= 0.3 is 0 Å². The second-order valence-electron chi connectivity index (χ2n) is 12.6. The van der Waals surface area contributed by atoms with Gasteiger partial charge in [-0.05, 0) is 61.1 Å². The molecule has 248 valence electrons. The topological polar surface area (TPSA) is 131 Å². The van der Waals surface area contributed by atoms with Crippen molar-refractivity contribution in [2.75, 3.05) is 49.6 Å². The number of piperazine rings is 1.